The molecule has 0 amide bonds. The Balaban J connectivity index is 2.26. The molecule has 0 aliphatic rings. The van der Waals surface area contributed by atoms with Gasteiger partial charge in [0.05, 0.1) is 19.3 Å². The Bertz CT molecular complexity index is 553. The molecule has 0 aliphatic heterocycles. The molecule has 20 heavy (non-hydrogen) atoms. The molecule has 2 rings (SSSR count). The zero-order valence-electron chi connectivity index (χ0n) is 12.2. The summed E-state index contributed by atoms with van der Waals surface area (Å²) in [5.74, 6) is 0.804. The summed E-state index contributed by atoms with van der Waals surface area (Å²) in [6.07, 6.45) is 2.75. The van der Waals surface area contributed by atoms with Gasteiger partial charge in [-0.3, -0.25) is 0 Å². The van der Waals surface area contributed by atoms with Crippen LogP contribution in [-0.2, 0) is 12.0 Å². The average molecular weight is 274 g/mol. The van der Waals surface area contributed by atoms with Gasteiger partial charge in [-0.25, -0.2) is 4.98 Å². The highest BCUT2D eigenvalue weighted by molar-refractivity contribution is 5.56. The number of imidazole rings is 1. The third-order valence-electron chi connectivity index (χ3n) is 3.34. The van der Waals surface area contributed by atoms with Crippen molar-refractivity contribution in [2.24, 2.45) is 0 Å². The van der Waals surface area contributed by atoms with Gasteiger partial charge in [0.2, 0.25) is 0 Å². The lowest BCUT2D eigenvalue weighted by Gasteiger charge is -2.19. The lowest BCUT2D eigenvalue weighted by Crippen LogP contribution is -2.19. The second kappa shape index (κ2) is 5.77. The van der Waals surface area contributed by atoms with Crippen LogP contribution in [0.2, 0.25) is 0 Å². The van der Waals surface area contributed by atoms with Gasteiger partial charge in [0, 0.05) is 18.0 Å². The number of aliphatic hydroxyl groups excluding tert-OH is 2. The van der Waals surface area contributed by atoms with E-state index in [9.17, 15) is 5.11 Å². The Morgan fingerprint density at radius 2 is 1.85 bits per heavy atom. The first-order valence-electron chi connectivity index (χ1n) is 6.83. The molecule has 4 heteroatoms. The first kappa shape index (κ1) is 14.8. The van der Waals surface area contributed by atoms with E-state index < -0.39 is 6.10 Å². The van der Waals surface area contributed by atoms with Crippen LogP contribution in [0.4, 0.5) is 0 Å². The second-order valence-electron chi connectivity index (χ2n) is 6.07. The summed E-state index contributed by atoms with van der Waals surface area (Å²) in [6, 6.07) is 8.31. The summed E-state index contributed by atoms with van der Waals surface area (Å²) in [6.45, 7) is 6.63. The fraction of sp³-hybridized carbons (Fsp3) is 0.438. The second-order valence-corrected chi connectivity index (χ2v) is 6.07. The molecule has 1 atom stereocenters. The van der Waals surface area contributed by atoms with Crippen LogP contribution in [0.1, 0.15) is 26.3 Å². The van der Waals surface area contributed by atoms with Gasteiger partial charge in [0.15, 0.2) is 0 Å². The quantitative estimate of drug-likeness (QED) is 0.898. The van der Waals surface area contributed by atoms with Gasteiger partial charge >= 0.3 is 0 Å². The van der Waals surface area contributed by atoms with E-state index in [0.29, 0.717) is 6.54 Å². The molecule has 1 aromatic carbocycles. The number of aliphatic hydroxyl groups is 2. The van der Waals surface area contributed by atoms with Crippen molar-refractivity contribution in [2.75, 3.05) is 6.61 Å². The average Bonchev–Trinajstić information content (AvgIpc) is 2.86. The van der Waals surface area contributed by atoms with E-state index in [-0.39, 0.29) is 12.0 Å². The summed E-state index contributed by atoms with van der Waals surface area (Å²) in [5.41, 5.74) is 2.41. The van der Waals surface area contributed by atoms with Crippen LogP contribution in [0.25, 0.3) is 11.4 Å². The van der Waals surface area contributed by atoms with Gasteiger partial charge in [0.25, 0.3) is 0 Å². The number of benzene rings is 1. The van der Waals surface area contributed by atoms with E-state index >= 15 is 0 Å². The fourth-order valence-electron chi connectivity index (χ4n) is 2.12. The molecule has 1 unspecified atom stereocenters. The van der Waals surface area contributed by atoms with E-state index in [1.165, 1.54) is 5.56 Å². The molecular formula is C16H22N2O2. The third-order valence-corrected chi connectivity index (χ3v) is 3.34. The maximum atomic E-state index is 9.55. The van der Waals surface area contributed by atoms with Crippen molar-refractivity contribution in [3.05, 3.63) is 42.2 Å². The van der Waals surface area contributed by atoms with Crippen molar-refractivity contribution in [2.45, 2.75) is 38.8 Å². The number of hydrogen-bond donors (Lipinski definition) is 2. The largest absolute Gasteiger partial charge is 0.394 e. The molecule has 0 aliphatic carbocycles. The normalized spacial score (nSPS) is 13.4. The van der Waals surface area contributed by atoms with Crippen LogP contribution in [-0.4, -0.2) is 32.5 Å². The molecular weight excluding hydrogens is 252 g/mol. The summed E-state index contributed by atoms with van der Waals surface area (Å²) in [7, 11) is 0. The maximum Gasteiger partial charge on any atom is 0.139 e. The fourth-order valence-corrected chi connectivity index (χ4v) is 2.12. The Kier molecular flexibility index (Phi) is 4.26. The SMILES string of the molecule is CC(C)(C)c1ccc(-c2nccn2CC(O)CO)cc1. The van der Waals surface area contributed by atoms with E-state index in [2.05, 4.69) is 37.9 Å². The Morgan fingerprint density at radius 1 is 1.20 bits per heavy atom. The molecule has 0 saturated heterocycles. The van der Waals surface area contributed by atoms with Gasteiger partial charge in [-0.1, -0.05) is 45.0 Å². The van der Waals surface area contributed by atoms with Crippen molar-refractivity contribution in [1.29, 1.82) is 0 Å². The number of nitrogens with zero attached hydrogens (tertiary/aromatic N) is 2. The Morgan fingerprint density at radius 3 is 2.40 bits per heavy atom. The number of aromatic nitrogens is 2. The van der Waals surface area contributed by atoms with Crippen LogP contribution < -0.4 is 0 Å². The molecule has 2 N–H and O–H groups in total. The highest BCUT2D eigenvalue weighted by Crippen LogP contribution is 2.25. The Hall–Kier alpha value is -1.65. The third kappa shape index (κ3) is 3.26. The molecule has 0 bridgehead atoms. The highest BCUT2D eigenvalue weighted by Gasteiger charge is 2.14. The van der Waals surface area contributed by atoms with Crippen LogP contribution in [0.15, 0.2) is 36.7 Å². The maximum absolute atomic E-state index is 9.55. The van der Waals surface area contributed by atoms with Crippen LogP contribution >= 0.6 is 0 Å². The smallest absolute Gasteiger partial charge is 0.139 e. The zero-order chi connectivity index (χ0) is 14.8. The Labute approximate surface area is 119 Å². The van der Waals surface area contributed by atoms with E-state index in [1.807, 2.05) is 22.9 Å². The van der Waals surface area contributed by atoms with Crippen molar-refractivity contribution in [3.8, 4) is 11.4 Å². The summed E-state index contributed by atoms with van der Waals surface area (Å²) < 4.78 is 1.85. The standard InChI is InChI=1S/C16H22N2O2/c1-16(2,3)13-6-4-12(5-7-13)15-17-8-9-18(15)10-14(20)11-19/h4-9,14,19-20H,10-11H2,1-3H3. The first-order valence-corrected chi connectivity index (χ1v) is 6.83. The van der Waals surface area contributed by atoms with Crippen molar-refractivity contribution in [3.63, 3.8) is 0 Å². The molecule has 4 nitrogen and oxygen atoms in total. The molecule has 0 saturated carbocycles. The number of hydrogen-bond acceptors (Lipinski definition) is 3. The van der Waals surface area contributed by atoms with Crippen molar-refractivity contribution in [1.82, 2.24) is 9.55 Å². The topological polar surface area (TPSA) is 58.3 Å². The van der Waals surface area contributed by atoms with E-state index in [4.69, 9.17) is 5.11 Å². The van der Waals surface area contributed by atoms with Gasteiger partial charge in [-0.05, 0) is 11.0 Å². The highest BCUT2D eigenvalue weighted by atomic mass is 16.3. The van der Waals surface area contributed by atoms with Crippen LogP contribution in [0, 0.1) is 0 Å². The molecule has 108 valence electrons. The number of rotatable bonds is 4. The minimum atomic E-state index is -0.767. The van der Waals surface area contributed by atoms with E-state index in [1.54, 1.807) is 6.20 Å². The molecule has 0 radical (unpaired) electrons. The molecule has 1 heterocycles. The monoisotopic (exact) mass is 274 g/mol. The lowest BCUT2D eigenvalue weighted by molar-refractivity contribution is 0.0816. The molecule has 2 aromatic rings. The van der Waals surface area contributed by atoms with Gasteiger partial charge in [-0.15, -0.1) is 0 Å². The minimum Gasteiger partial charge on any atom is -0.394 e. The lowest BCUT2D eigenvalue weighted by atomic mass is 9.87. The predicted molar refractivity (Wildman–Crippen MR) is 79.5 cm³/mol. The summed E-state index contributed by atoms with van der Waals surface area (Å²) in [4.78, 5) is 4.34. The van der Waals surface area contributed by atoms with Crippen molar-refractivity contribution < 1.29 is 10.2 Å². The first-order chi connectivity index (χ1) is 9.41. The molecule has 0 spiro atoms. The van der Waals surface area contributed by atoms with Gasteiger partial charge < -0.3 is 14.8 Å². The molecule has 0 fully saturated rings. The van der Waals surface area contributed by atoms with E-state index in [0.717, 1.165) is 11.4 Å². The molecule has 1 aromatic heterocycles. The minimum absolute atomic E-state index is 0.126. The summed E-state index contributed by atoms with van der Waals surface area (Å²) >= 11 is 0. The van der Waals surface area contributed by atoms with Crippen LogP contribution in [0.5, 0.6) is 0 Å². The van der Waals surface area contributed by atoms with Gasteiger partial charge in [0.1, 0.15) is 5.82 Å². The summed E-state index contributed by atoms with van der Waals surface area (Å²) in [5, 5.41) is 18.5. The van der Waals surface area contributed by atoms with Crippen molar-refractivity contribution >= 4 is 0 Å². The van der Waals surface area contributed by atoms with Gasteiger partial charge in [-0.2, -0.15) is 0 Å². The zero-order valence-corrected chi connectivity index (χ0v) is 12.2. The predicted octanol–water partition coefficient (Wildman–Crippen LogP) is 2.20. The van der Waals surface area contributed by atoms with Crippen LogP contribution in [0.3, 0.4) is 0 Å².